The maximum Gasteiger partial charge on any atom is 0.412 e. The quantitative estimate of drug-likeness (QED) is 0.798. The van der Waals surface area contributed by atoms with Gasteiger partial charge in [0.15, 0.2) is 11.5 Å². The molecule has 0 bridgehead atoms. The minimum atomic E-state index is -0.565. The van der Waals surface area contributed by atoms with E-state index in [0.29, 0.717) is 11.4 Å². The summed E-state index contributed by atoms with van der Waals surface area (Å²) >= 11 is 0. The van der Waals surface area contributed by atoms with Crippen molar-refractivity contribution >= 4 is 11.8 Å². The van der Waals surface area contributed by atoms with Crippen LogP contribution in [-0.4, -0.2) is 36.0 Å². The Kier molecular flexibility index (Phi) is 4.57. The van der Waals surface area contributed by atoms with E-state index in [-0.39, 0.29) is 11.9 Å². The van der Waals surface area contributed by atoms with Crippen molar-refractivity contribution in [2.75, 3.05) is 18.4 Å². The van der Waals surface area contributed by atoms with Crippen LogP contribution in [0.15, 0.2) is 18.2 Å². The van der Waals surface area contributed by atoms with Crippen LogP contribution in [0.4, 0.5) is 10.5 Å². The summed E-state index contributed by atoms with van der Waals surface area (Å²) in [4.78, 5) is 11.6. The van der Waals surface area contributed by atoms with Gasteiger partial charge in [-0.25, -0.2) is 4.79 Å². The Balaban J connectivity index is 1.96. The number of ether oxygens (including phenoxy) is 2. The van der Waals surface area contributed by atoms with Crippen LogP contribution in [0, 0.1) is 0 Å². The van der Waals surface area contributed by atoms with E-state index >= 15 is 0 Å². The Morgan fingerprint density at radius 2 is 2.19 bits per heavy atom. The number of hydrogen-bond donors (Lipinski definition) is 3. The van der Waals surface area contributed by atoms with E-state index in [9.17, 15) is 9.90 Å². The molecule has 1 heterocycles. The maximum atomic E-state index is 11.6. The van der Waals surface area contributed by atoms with Crippen LogP contribution >= 0.6 is 0 Å². The molecule has 0 aliphatic carbocycles. The number of hydrogen-bond acceptors (Lipinski definition) is 5. The summed E-state index contributed by atoms with van der Waals surface area (Å²) in [6, 6.07) is 4.75. The Morgan fingerprint density at radius 3 is 2.76 bits per heavy atom. The third-order valence-electron chi connectivity index (χ3n) is 2.91. The molecule has 0 saturated carbocycles. The second kappa shape index (κ2) is 6.22. The number of nitrogens with one attached hydrogen (secondary N) is 2. The number of anilines is 1. The Bertz CT molecular complexity index is 505. The number of benzene rings is 1. The number of carbonyl (C=O) groups excluding carboxylic acids is 1. The summed E-state index contributed by atoms with van der Waals surface area (Å²) in [6.45, 7) is 7.06. The van der Waals surface area contributed by atoms with E-state index in [0.717, 1.165) is 19.5 Å². The van der Waals surface area contributed by atoms with Crippen LogP contribution in [0.5, 0.6) is 11.5 Å². The normalized spacial score (nSPS) is 18.3. The molecule has 6 heteroatoms. The Hall–Kier alpha value is -1.95. The van der Waals surface area contributed by atoms with Gasteiger partial charge in [-0.2, -0.15) is 0 Å². The SMILES string of the molecule is CC(C)(C)OC(=O)Nc1ccc(OC2CCNC2)c(O)c1. The first-order valence-electron chi connectivity index (χ1n) is 7.04. The maximum absolute atomic E-state index is 11.6. The van der Waals surface area contributed by atoms with E-state index in [1.165, 1.54) is 6.07 Å². The molecule has 1 unspecified atom stereocenters. The molecule has 2 rings (SSSR count). The van der Waals surface area contributed by atoms with E-state index in [1.807, 2.05) is 0 Å². The highest BCUT2D eigenvalue weighted by Crippen LogP contribution is 2.30. The molecule has 1 aromatic rings. The van der Waals surface area contributed by atoms with Crippen LogP contribution in [0.2, 0.25) is 0 Å². The van der Waals surface area contributed by atoms with Gasteiger partial charge in [-0.3, -0.25) is 5.32 Å². The summed E-state index contributed by atoms with van der Waals surface area (Å²) in [7, 11) is 0. The van der Waals surface area contributed by atoms with Crippen LogP contribution in [0.3, 0.4) is 0 Å². The van der Waals surface area contributed by atoms with E-state index in [1.54, 1.807) is 32.9 Å². The van der Waals surface area contributed by atoms with E-state index in [4.69, 9.17) is 9.47 Å². The van der Waals surface area contributed by atoms with Gasteiger partial charge >= 0.3 is 6.09 Å². The Morgan fingerprint density at radius 1 is 1.43 bits per heavy atom. The van der Waals surface area contributed by atoms with Crippen LogP contribution in [0.25, 0.3) is 0 Å². The molecule has 0 spiro atoms. The minimum absolute atomic E-state index is 0.00420. The van der Waals surface area contributed by atoms with Gasteiger partial charge < -0.3 is 19.9 Å². The zero-order valence-electron chi connectivity index (χ0n) is 12.6. The second-order valence-electron chi connectivity index (χ2n) is 6.04. The van der Waals surface area contributed by atoms with Crippen molar-refractivity contribution in [1.29, 1.82) is 0 Å². The highest BCUT2D eigenvalue weighted by Gasteiger charge is 2.19. The molecule has 1 fully saturated rings. The summed E-state index contributed by atoms with van der Waals surface area (Å²) in [5.74, 6) is 0.411. The van der Waals surface area contributed by atoms with Crippen molar-refractivity contribution in [2.24, 2.45) is 0 Å². The fraction of sp³-hybridized carbons (Fsp3) is 0.533. The summed E-state index contributed by atoms with van der Waals surface area (Å²) < 4.78 is 10.8. The predicted octanol–water partition coefficient (Wildman–Crippen LogP) is 2.48. The molecule has 1 amide bonds. The van der Waals surface area contributed by atoms with Crippen LogP contribution in [-0.2, 0) is 4.74 Å². The van der Waals surface area contributed by atoms with Gasteiger partial charge in [0.1, 0.15) is 11.7 Å². The smallest absolute Gasteiger partial charge is 0.412 e. The largest absolute Gasteiger partial charge is 0.504 e. The molecule has 3 N–H and O–H groups in total. The highest BCUT2D eigenvalue weighted by molar-refractivity contribution is 5.85. The van der Waals surface area contributed by atoms with Crippen molar-refractivity contribution in [1.82, 2.24) is 5.32 Å². The first-order valence-corrected chi connectivity index (χ1v) is 7.04. The molecule has 1 atom stereocenters. The molecule has 1 saturated heterocycles. The standard InChI is InChI=1S/C15H22N2O4/c1-15(2,3)21-14(19)17-10-4-5-13(12(18)8-10)20-11-6-7-16-9-11/h4-5,8,11,16,18H,6-7,9H2,1-3H3,(H,17,19). The van der Waals surface area contributed by atoms with E-state index in [2.05, 4.69) is 10.6 Å². The first kappa shape index (κ1) is 15.4. The lowest BCUT2D eigenvalue weighted by atomic mass is 10.2. The number of carbonyl (C=O) groups is 1. The van der Waals surface area contributed by atoms with Gasteiger partial charge in [-0.15, -0.1) is 0 Å². The van der Waals surface area contributed by atoms with Crippen molar-refractivity contribution in [3.63, 3.8) is 0 Å². The lowest BCUT2D eigenvalue weighted by molar-refractivity contribution is 0.0636. The highest BCUT2D eigenvalue weighted by atomic mass is 16.6. The monoisotopic (exact) mass is 294 g/mol. The van der Waals surface area contributed by atoms with Crippen molar-refractivity contribution in [3.8, 4) is 11.5 Å². The molecule has 116 valence electrons. The average Bonchev–Trinajstić information content (AvgIpc) is 2.83. The van der Waals surface area contributed by atoms with Gasteiger partial charge in [-0.1, -0.05) is 0 Å². The van der Waals surface area contributed by atoms with Crippen LogP contribution < -0.4 is 15.4 Å². The first-order chi connectivity index (χ1) is 9.83. The molecular weight excluding hydrogens is 272 g/mol. The fourth-order valence-corrected chi connectivity index (χ4v) is 2.02. The number of aromatic hydroxyl groups is 1. The summed E-state index contributed by atoms with van der Waals surface area (Å²) in [5, 5.41) is 15.7. The lowest BCUT2D eigenvalue weighted by Gasteiger charge is -2.20. The molecule has 1 aromatic carbocycles. The predicted molar refractivity (Wildman–Crippen MR) is 79.9 cm³/mol. The molecule has 0 aromatic heterocycles. The average molecular weight is 294 g/mol. The summed E-state index contributed by atoms with van der Waals surface area (Å²) in [5.41, 5.74) is -0.108. The molecule has 1 aliphatic heterocycles. The van der Waals surface area contributed by atoms with Gasteiger partial charge in [0.05, 0.1) is 0 Å². The third-order valence-corrected chi connectivity index (χ3v) is 2.91. The zero-order valence-corrected chi connectivity index (χ0v) is 12.6. The molecule has 21 heavy (non-hydrogen) atoms. The zero-order chi connectivity index (χ0) is 15.5. The Labute approximate surface area is 124 Å². The second-order valence-corrected chi connectivity index (χ2v) is 6.04. The molecular formula is C15H22N2O4. The number of amides is 1. The summed E-state index contributed by atoms with van der Waals surface area (Å²) in [6.07, 6.45) is 0.424. The van der Waals surface area contributed by atoms with Gasteiger partial charge in [0.25, 0.3) is 0 Å². The number of phenols is 1. The topological polar surface area (TPSA) is 79.8 Å². The van der Waals surface area contributed by atoms with Gasteiger partial charge in [0, 0.05) is 18.3 Å². The van der Waals surface area contributed by atoms with Crippen molar-refractivity contribution < 1.29 is 19.4 Å². The minimum Gasteiger partial charge on any atom is -0.504 e. The van der Waals surface area contributed by atoms with Gasteiger partial charge in [0.2, 0.25) is 0 Å². The van der Waals surface area contributed by atoms with Gasteiger partial charge in [-0.05, 0) is 45.9 Å². The molecule has 1 aliphatic rings. The van der Waals surface area contributed by atoms with Crippen molar-refractivity contribution in [3.05, 3.63) is 18.2 Å². The molecule has 0 radical (unpaired) electrons. The van der Waals surface area contributed by atoms with Crippen molar-refractivity contribution in [2.45, 2.75) is 38.9 Å². The van der Waals surface area contributed by atoms with E-state index < -0.39 is 11.7 Å². The number of phenolic OH excluding ortho intramolecular Hbond substituents is 1. The number of rotatable bonds is 3. The molecule has 6 nitrogen and oxygen atoms in total. The third kappa shape index (κ3) is 4.82. The van der Waals surface area contributed by atoms with Crippen LogP contribution in [0.1, 0.15) is 27.2 Å². The lowest BCUT2D eigenvalue weighted by Crippen LogP contribution is -2.27. The fourth-order valence-electron chi connectivity index (χ4n) is 2.02.